The summed E-state index contributed by atoms with van der Waals surface area (Å²) < 4.78 is 0. The van der Waals surface area contributed by atoms with Crippen molar-refractivity contribution < 1.29 is 0 Å². The van der Waals surface area contributed by atoms with Crippen LogP contribution in [-0.4, -0.2) is 0 Å². The van der Waals surface area contributed by atoms with Crippen LogP contribution >= 0.6 is 0 Å². The van der Waals surface area contributed by atoms with E-state index in [1.807, 2.05) is 0 Å². The predicted molar refractivity (Wildman–Crippen MR) is 133 cm³/mol. The zero-order valence-corrected chi connectivity index (χ0v) is 21.0. The Balaban J connectivity index is 2.60. The van der Waals surface area contributed by atoms with Crippen molar-refractivity contribution in [3.63, 3.8) is 0 Å². The van der Waals surface area contributed by atoms with E-state index in [0.29, 0.717) is 5.92 Å². The van der Waals surface area contributed by atoms with Gasteiger partial charge in [-0.15, -0.1) is 0 Å². The third-order valence-electron chi connectivity index (χ3n) is 6.99. The molecule has 0 N–H and O–H groups in total. The Morgan fingerprint density at radius 3 is 2.10 bits per heavy atom. The molecule has 0 amide bonds. The lowest BCUT2D eigenvalue weighted by atomic mass is 9.75. The van der Waals surface area contributed by atoms with E-state index in [-0.39, 0.29) is 0 Å². The fourth-order valence-corrected chi connectivity index (χ4v) is 4.85. The Morgan fingerprint density at radius 2 is 1.45 bits per heavy atom. The second-order valence-corrected chi connectivity index (χ2v) is 10.5. The SMILES string of the molecule is CC(C)=CC=C(C)CC1CCCCC(C)C1CCCCC(C)C(C)=CC=C(C)C. The van der Waals surface area contributed by atoms with Gasteiger partial charge in [0.2, 0.25) is 0 Å². The first-order valence-corrected chi connectivity index (χ1v) is 12.3. The van der Waals surface area contributed by atoms with E-state index >= 15 is 0 Å². The lowest BCUT2D eigenvalue weighted by Gasteiger charge is -2.30. The van der Waals surface area contributed by atoms with Crippen LogP contribution in [0.25, 0.3) is 0 Å². The van der Waals surface area contributed by atoms with Crippen molar-refractivity contribution in [3.8, 4) is 0 Å². The summed E-state index contributed by atoms with van der Waals surface area (Å²) in [7, 11) is 0. The molecule has 0 nitrogen and oxygen atoms in total. The van der Waals surface area contributed by atoms with E-state index in [4.69, 9.17) is 0 Å². The van der Waals surface area contributed by atoms with Crippen molar-refractivity contribution in [2.24, 2.45) is 23.7 Å². The zero-order valence-electron chi connectivity index (χ0n) is 21.0. The van der Waals surface area contributed by atoms with Crippen molar-refractivity contribution in [1.29, 1.82) is 0 Å². The average Bonchev–Trinajstić information content (AvgIpc) is 2.82. The van der Waals surface area contributed by atoms with Crippen molar-refractivity contribution >= 4 is 0 Å². The van der Waals surface area contributed by atoms with Gasteiger partial charge in [-0.2, -0.15) is 0 Å². The first-order chi connectivity index (χ1) is 13.7. The maximum Gasteiger partial charge on any atom is -0.0231 e. The van der Waals surface area contributed by atoms with Crippen LogP contribution < -0.4 is 0 Å². The highest BCUT2D eigenvalue weighted by atomic mass is 14.3. The van der Waals surface area contributed by atoms with E-state index in [2.05, 4.69) is 79.7 Å². The fourth-order valence-electron chi connectivity index (χ4n) is 4.85. The molecule has 166 valence electrons. The lowest BCUT2D eigenvalue weighted by molar-refractivity contribution is 0.218. The summed E-state index contributed by atoms with van der Waals surface area (Å²) in [6.45, 7) is 18.3. The molecule has 1 rings (SSSR count). The van der Waals surface area contributed by atoms with Crippen molar-refractivity contribution in [3.05, 3.63) is 46.6 Å². The zero-order chi connectivity index (χ0) is 21.8. The molecule has 0 aromatic heterocycles. The van der Waals surface area contributed by atoms with Gasteiger partial charge in [-0.25, -0.2) is 0 Å². The van der Waals surface area contributed by atoms with Crippen LogP contribution in [0.3, 0.4) is 0 Å². The number of allylic oxidation sites excluding steroid dienone is 8. The molecule has 4 unspecified atom stereocenters. The van der Waals surface area contributed by atoms with Crippen LogP contribution in [0.1, 0.15) is 113 Å². The first-order valence-electron chi connectivity index (χ1n) is 12.3. The highest BCUT2D eigenvalue weighted by Crippen LogP contribution is 2.39. The Hall–Kier alpha value is -1.04. The second kappa shape index (κ2) is 14.1. The Bertz CT molecular complexity index is 575. The molecule has 0 heteroatoms. The molecular weight excluding hydrogens is 348 g/mol. The number of rotatable bonds is 10. The van der Waals surface area contributed by atoms with Gasteiger partial charge in [0.25, 0.3) is 0 Å². The molecule has 0 bridgehead atoms. The molecule has 0 spiro atoms. The smallest absolute Gasteiger partial charge is 0.0231 e. The van der Waals surface area contributed by atoms with E-state index in [9.17, 15) is 0 Å². The Labute approximate surface area is 183 Å². The highest BCUT2D eigenvalue weighted by Gasteiger charge is 2.28. The normalized spacial score (nSPS) is 24.6. The summed E-state index contributed by atoms with van der Waals surface area (Å²) >= 11 is 0. The standard InChI is InChI=1S/C29H50/c1-22(2)17-19-24(5)21-28-15-11-9-14-27(8)29(28)16-12-10-13-25(6)26(7)20-18-23(3)4/h17-20,25,27-29H,9-16,21H2,1-8H3. The minimum absolute atomic E-state index is 0.710. The van der Waals surface area contributed by atoms with E-state index in [0.717, 1.165) is 17.8 Å². The van der Waals surface area contributed by atoms with Crippen molar-refractivity contribution in [2.45, 2.75) is 113 Å². The first kappa shape index (κ1) is 26.0. The maximum absolute atomic E-state index is 2.53. The van der Waals surface area contributed by atoms with Crippen LogP contribution in [0.15, 0.2) is 46.6 Å². The average molecular weight is 399 g/mol. The molecule has 0 aromatic carbocycles. The summed E-state index contributed by atoms with van der Waals surface area (Å²) in [5.74, 6) is 3.42. The summed E-state index contributed by atoms with van der Waals surface area (Å²) in [4.78, 5) is 0. The molecule has 0 radical (unpaired) electrons. The molecule has 0 saturated heterocycles. The predicted octanol–water partition coefficient (Wildman–Crippen LogP) is 9.84. The van der Waals surface area contributed by atoms with E-state index in [1.165, 1.54) is 74.5 Å². The molecule has 4 atom stereocenters. The minimum atomic E-state index is 0.710. The van der Waals surface area contributed by atoms with Gasteiger partial charge in [0.05, 0.1) is 0 Å². The molecule has 0 aliphatic heterocycles. The topological polar surface area (TPSA) is 0 Å². The molecule has 1 aliphatic rings. The minimum Gasteiger partial charge on any atom is -0.0764 e. The van der Waals surface area contributed by atoms with Crippen molar-refractivity contribution in [2.75, 3.05) is 0 Å². The molecule has 1 saturated carbocycles. The highest BCUT2D eigenvalue weighted by molar-refractivity contribution is 5.16. The van der Waals surface area contributed by atoms with Crippen LogP contribution in [0.4, 0.5) is 0 Å². The molecule has 0 aromatic rings. The van der Waals surface area contributed by atoms with Gasteiger partial charge < -0.3 is 0 Å². The van der Waals surface area contributed by atoms with Crippen LogP contribution in [0.5, 0.6) is 0 Å². The van der Waals surface area contributed by atoms with Crippen LogP contribution in [0.2, 0.25) is 0 Å². The number of hydrogen-bond acceptors (Lipinski definition) is 0. The molecule has 29 heavy (non-hydrogen) atoms. The summed E-state index contributed by atoms with van der Waals surface area (Å²) in [6.07, 6.45) is 21.9. The van der Waals surface area contributed by atoms with Gasteiger partial charge in [0, 0.05) is 0 Å². The molecule has 1 fully saturated rings. The third-order valence-corrected chi connectivity index (χ3v) is 6.99. The van der Waals surface area contributed by atoms with Gasteiger partial charge in [-0.1, -0.05) is 92.5 Å². The van der Waals surface area contributed by atoms with Gasteiger partial charge >= 0.3 is 0 Å². The van der Waals surface area contributed by atoms with Gasteiger partial charge in [0.15, 0.2) is 0 Å². The number of unbranched alkanes of at least 4 members (excludes halogenated alkanes) is 1. The quantitative estimate of drug-likeness (QED) is 0.195. The van der Waals surface area contributed by atoms with Crippen LogP contribution in [0, 0.1) is 23.7 Å². The van der Waals surface area contributed by atoms with E-state index in [1.54, 1.807) is 5.57 Å². The third kappa shape index (κ3) is 11.1. The van der Waals surface area contributed by atoms with Gasteiger partial charge in [-0.05, 0) is 90.9 Å². The lowest BCUT2D eigenvalue weighted by Crippen LogP contribution is -2.21. The largest absolute Gasteiger partial charge is 0.0764 e. The molecule has 0 heterocycles. The Morgan fingerprint density at radius 1 is 0.828 bits per heavy atom. The monoisotopic (exact) mass is 398 g/mol. The summed E-state index contributed by atoms with van der Waals surface area (Å²) in [5.41, 5.74) is 5.90. The fraction of sp³-hybridized carbons (Fsp3) is 0.724. The van der Waals surface area contributed by atoms with Crippen molar-refractivity contribution in [1.82, 2.24) is 0 Å². The van der Waals surface area contributed by atoms with Gasteiger partial charge in [-0.3, -0.25) is 0 Å². The molecule has 1 aliphatic carbocycles. The maximum atomic E-state index is 2.53. The molecular formula is C29H50. The van der Waals surface area contributed by atoms with E-state index < -0.39 is 0 Å². The number of hydrogen-bond donors (Lipinski definition) is 0. The summed E-state index contributed by atoms with van der Waals surface area (Å²) in [5, 5.41) is 0. The summed E-state index contributed by atoms with van der Waals surface area (Å²) in [6, 6.07) is 0. The Kier molecular flexibility index (Phi) is 12.6. The van der Waals surface area contributed by atoms with Crippen LogP contribution in [-0.2, 0) is 0 Å². The van der Waals surface area contributed by atoms with Gasteiger partial charge in [0.1, 0.15) is 0 Å². The second-order valence-electron chi connectivity index (χ2n) is 10.5.